The Morgan fingerprint density at radius 3 is 0.776 bits per heavy atom. The summed E-state index contributed by atoms with van der Waals surface area (Å²) in [6.45, 7) is 36.2. The van der Waals surface area contributed by atoms with Crippen LogP contribution in [0.25, 0.3) is 110 Å². The number of halogens is 5. The van der Waals surface area contributed by atoms with Crippen LogP contribution in [0.3, 0.4) is 0 Å². The monoisotopic (exact) mass is 2290 g/mol. The van der Waals surface area contributed by atoms with Gasteiger partial charge in [-0.25, -0.2) is 0 Å². The minimum absolute atomic E-state index is 0.106. The fourth-order valence-corrected chi connectivity index (χ4v) is 24.9. The smallest absolute Gasteiger partial charge is 0.0134 e. The predicted octanol–water partition coefficient (Wildman–Crippen LogP) is 34.9. The van der Waals surface area contributed by atoms with Crippen molar-refractivity contribution in [1.82, 2.24) is 9.13 Å². The van der Waals surface area contributed by atoms with Crippen molar-refractivity contribution >= 4 is 183 Å². The molecule has 4 heterocycles. The van der Waals surface area contributed by atoms with Crippen LogP contribution in [0.4, 0.5) is 0 Å². The summed E-state index contributed by atoms with van der Waals surface area (Å²) in [7, 11) is 7.94. The first-order chi connectivity index (χ1) is 71.0. The second-order valence-electron chi connectivity index (χ2n) is 40.0. The van der Waals surface area contributed by atoms with E-state index in [0.717, 1.165) is 43.9 Å². The maximum absolute atomic E-state index is 6.37. The average molecular weight is 2300 g/mol. The molecular weight excluding hydrogens is 2170 g/mol. The number of nitrogens with zero attached hydrogens (tertiary/aromatic N) is 2. The van der Waals surface area contributed by atoms with E-state index in [2.05, 4.69) is 528 Å². The van der Waals surface area contributed by atoms with Crippen LogP contribution in [0.5, 0.6) is 0 Å². The summed E-state index contributed by atoms with van der Waals surface area (Å²) in [5.41, 5.74) is 26.7. The summed E-state index contributed by atoms with van der Waals surface area (Å²) >= 11 is 10.4. The molecule has 0 spiro atoms. The number of rotatable bonds is 24. The number of benzene rings is 17. The van der Waals surface area contributed by atoms with E-state index in [0.29, 0.717) is 0 Å². The summed E-state index contributed by atoms with van der Waals surface area (Å²) in [6, 6.07) is 145. The van der Waals surface area contributed by atoms with E-state index >= 15 is 0 Å². The fourth-order valence-electron chi connectivity index (χ4n) is 19.5. The number of hydrogen-bond acceptors (Lipinski definition) is 4. The SMILES string of the molecule is CCCCCCn1c2cc(-c3ccc(-c4ccc(Br)cc4)cc3C)ccc2c2ccc(-c3ccc(-c4ccc(Br)cc4)cc3C)cc21.Cc1ccc(Br)cc1.[CH2+]C1(C)OB(c2ccc(-c3ccc4c5ccc(-c6ccc(B7OC(C)(C)C(C)(C)O7)cc6C)cc5n(CCCCCC)c4c3)c(C)c2)OC1(C)C.[Cl][Pd][Cl].c1ccc(P(c2ccccc2)c2ccccc2)cc1.c1ccc(P(c2ccccc2)c2ccccc2)cc1. The molecule has 0 amide bonds. The van der Waals surface area contributed by atoms with E-state index in [9.17, 15) is 0 Å². The molecule has 19 aromatic rings. The molecule has 17 aromatic carbocycles. The Morgan fingerprint density at radius 2 is 0.524 bits per heavy atom. The Kier molecular flexibility index (Phi) is 37.6. The van der Waals surface area contributed by atoms with Gasteiger partial charge in [0.1, 0.15) is 5.60 Å². The molecule has 2 fully saturated rings. The van der Waals surface area contributed by atoms with E-state index in [4.69, 9.17) is 37.7 Å². The van der Waals surface area contributed by atoms with Gasteiger partial charge < -0.3 is 27.8 Å². The zero-order chi connectivity index (χ0) is 104. The molecule has 748 valence electrons. The van der Waals surface area contributed by atoms with Crippen LogP contribution >= 0.6 is 82.7 Å². The third-order valence-corrected chi connectivity index (χ3v) is 35.2. The molecule has 0 bridgehead atoms. The Morgan fingerprint density at radius 1 is 0.279 bits per heavy atom. The van der Waals surface area contributed by atoms with Crippen LogP contribution in [0.2, 0.25) is 0 Å². The van der Waals surface area contributed by atoms with Gasteiger partial charge in [0.05, 0.1) is 18.1 Å². The first kappa shape index (κ1) is 109. The second-order valence-corrected chi connectivity index (χ2v) is 49.5. The molecule has 147 heavy (non-hydrogen) atoms. The van der Waals surface area contributed by atoms with E-state index in [1.54, 1.807) is 0 Å². The topological polar surface area (TPSA) is 46.8 Å². The normalized spacial score (nSPS) is 14.3. The molecule has 16 heteroatoms. The molecule has 0 saturated carbocycles. The quantitative estimate of drug-likeness (QED) is 0.0262. The minimum atomic E-state index is -0.615. The molecular formula is C131H130B2Br3Cl2N2O4P2Pd+. The van der Waals surface area contributed by atoms with Gasteiger partial charge in [0.15, 0.2) is 0 Å². The van der Waals surface area contributed by atoms with E-state index in [1.807, 2.05) is 32.9 Å². The van der Waals surface area contributed by atoms with Crippen LogP contribution in [-0.2, 0) is 47.6 Å². The van der Waals surface area contributed by atoms with Crippen LogP contribution in [0.15, 0.2) is 414 Å². The summed E-state index contributed by atoms with van der Waals surface area (Å²) < 4.78 is 33.8. The van der Waals surface area contributed by atoms with Crippen molar-refractivity contribution < 1.29 is 34.6 Å². The van der Waals surface area contributed by atoms with Crippen molar-refractivity contribution in [3.8, 4) is 66.8 Å². The van der Waals surface area contributed by atoms with Crippen LogP contribution in [-0.4, -0.2) is 45.8 Å². The van der Waals surface area contributed by atoms with Gasteiger partial charge >= 0.3 is 49.2 Å². The average Bonchev–Trinajstić information content (AvgIpc) is 1.57. The number of unbranched alkanes of at least 4 members (excludes halogenated alkanes) is 6. The van der Waals surface area contributed by atoms with Crippen molar-refractivity contribution in [3.63, 3.8) is 0 Å². The standard InChI is InChI=1S/C44H54B2NO4.C44H39Br2N.2C18H15P.C7H7Br.2ClH.Pd/c1-12-13-14-15-24-47-39-27-31(35-22-18-33(25-29(35)2)45-48-41(4,5)42(6,7)49-45)16-20-37(39)38-21-17-32(28-40(38)47)36-23-19-34(26-30(36)3)46-50-43(8,9)44(10,11)51-46;1-4-5-6-7-24-47-43-27-35(39-20-12-33(25-29(39)2)31-8-16-37(45)17-9-31)14-22-41(43)42-23-15-36(28-44(42)47)40-21-13-34(26-30(40)3)32-10-18-38(46)19-11-32;2*1-4-10-16(11-5-1)19(17-12-6-2-7-13-17)18-14-8-3-9-15-18;1-6-2-4-7(8)5-3-6;;;/h16-23,25-28H,4,12-15,24H2,1-3,5-11H3;8-23,25-28H,4-7,24H2,1-3H3;2*1-15H;2-5H,1H3;2*1H;/q+1;;;;;;;+2/p-2. The molecule has 1 atom stereocenters. The molecule has 21 rings (SSSR count). The zero-order valence-corrected chi connectivity index (χ0v) is 96.3. The van der Waals surface area contributed by atoms with Gasteiger partial charge in [-0.1, -0.05) is 445 Å². The molecule has 0 N–H and O–H groups in total. The first-order valence-corrected chi connectivity index (χ1v) is 60.2. The van der Waals surface area contributed by atoms with Crippen molar-refractivity contribution in [2.24, 2.45) is 0 Å². The molecule has 2 saturated heterocycles. The Hall–Kier alpha value is -10.3. The van der Waals surface area contributed by atoms with Gasteiger partial charge in [-0.15, -0.1) is 0 Å². The molecule has 0 radical (unpaired) electrons. The minimum Gasteiger partial charge on any atom is -0.0622 e. The van der Waals surface area contributed by atoms with Gasteiger partial charge in [0.25, 0.3) is 0 Å². The number of aromatic nitrogens is 2. The fraction of sp³-hybridized carbons (Fsp3) is 0.214. The largest absolute Gasteiger partial charge is 0.0622 e. The van der Waals surface area contributed by atoms with Crippen LogP contribution < -0.4 is 42.8 Å². The molecule has 6 nitrogen and oxygen atoms in total. The van der Waals surface area contributed by atoms with Gasteiger partial charge in [0, 0.05) is 77.0 Å². The van der Waals surface area contributed by atoms with Crippen molar-refractivity contribution in [3.05, 3.63) is 449 Å². The Labute approximate surface area is 917 Å². The molecule has 1 unspecified atom stereocenters. The van der Waals surface area contributed by atoms with Gasteiger partial charge in [0.2, 0.25) is 5.60 Å². The van der Waals surface area contributed by atoms with Crippen LogP contribution in [0, 0.1) is 41.5 Å². The predicted molar refractivity (Wildman–Crippen MR) is 646 cm³/mol. The molecule has 2 aliphatic heterocycles. The summed E-state index contributed by atoms with van der Waals surface area (Å²) in [5, 5.41) is 13.6. The zero-order valence-electron chi connectivity index (χ0n) is 86.7. The Bertz CT molecular complexity index is 6960. The van der Waals surface area contributed by atoms with Crippen molar-refractivity contribution in [2.45, 2.75) is 184 Å². The van der Waals surface area contributed by atoms with Gasteiger partial charge in [-0.3, -0.25) is 0 Å². The first-order valence-electron chi connectivity index (χ1n) is 51.1. The van der Waals surface area contributed by atoms with Crippen molar-refractivity contribution in [1.29, 1.82) is 0 Å². The summed E-state index contributed by atoms with van der Waals surface area (Å²) in [6.07, 6.45) is 9.82. The number of hydrogen-bond donors (Lipinski definition) is 0. The summed E-state index contributed by atoms with van der Waals surface area (Å²) in [4.78, 5) is 0. The third kappa shape index (κ3) is 26.7. The van der Waals surface area contributed by atoms with E-state index in [1.165, 1.54) is 215 Å². The third-order valence-electron chi connectivity index (χ3n) is 28.7. The Balaban J connectivity index is 0.000000145. The number of fused-ring (bicyclic) bond motifs is 6. The molecule has 2 aromatic heterocycles. The maximum atomic E-state index is 6.37. The number of aryl methyl sites for hydroxylation is 7. The maximum Gasteiger partial charge on any atom is -0.0134 e. The van der Waals surface area contributed by atoms with Crippen LogP contribution in [0.1, 0.15) is 141 Å². The van der Waals surface area contributed by atoms with E-state index in [-0.39, 0.29) is 34.3 Å². The molecule has 2 aliphatic rings. The van der Waals surface area contributed by atoms with Gasteiger partial charge in [-0.05, 0) is 297 Å². The van der Waals surface area contributed by atoms with Gasteiger partial charge in [-0.2, -0.15) is 0 Å². The molecule has 0 aliphatic carbocycles. The summed E-state index contributed by atoms with van der Waals surface area (Å²) in [5.74, 6) is 0. The van der Waals surface area contributed by atoms with Crippen molar-refractivity contribution in [2.75, 3.05) is 0 Å². The second kappa shape index (κ2) is 50.6. The van der Waals surface area contributed by atoms with E-state index < -0.39 is 34.2 Å².